The molecule has 1 heterocycles. The molecule has 0 saturated heterocycles. The van der Waals surface area contributed by atoms with Crippen molar-refractivity contribution in [3.63, 3.8) is 0 Å². The Morgan fingerprint density at radius 2 is 1.80 bits per heavy atom. The third kappa shape index (κ3) is 4.23. The van der Waals surface area contributed by atoms with Crippen LogP contribution < -0.4 is 10.6 Å². The average Bonchev–Trinajstić information content (AvgIpc) is 2.63. The van der Waals surface area contributed by atoms with Crippen LogP contribution in [0.4, 0.5) is 17.5 Å². The van der Waals surface area contributed by atoms with E-state index >= 15 is 0 Å². The molecule has 0 unspecified atom stereocenters. The van der Waals surface area contributed by atoms with E-state index < -0.39 is 0 Å². The highest BCUT2D eigenvalue weighted by Gasteiger charge is 2.08. The Bertz CT molecular complexity index is 872. The zero-order valence-corrected chi connectivity index (χ0v) is 14.6. The largest absolute Gasteiger partial charge is 0.366 e. The number of anilines is 3. The summed E-state index contributed by atoms with van der Waals surface area (Å²) in [6.07, 6.45) is 1.81. The number of nitrogens with one attached hydrogen (secondary N) is 2. The second-order valence-corrected chi connectivity index (χ2v) is 5.94. The highest BCUT2D eigenvalue weighted by molar-refractivity contribution is 5.67. The Morgan fingerprint density at radius 1 is 1.00 bits per heavy atom. The van der Waals surface area contributed by atoms with Gasteiger partial charge in [-0.15, -0.1) is 6.58 Å². The van der Waals surface area contributed by atoms with Crippen LogP contribution in [0, 0.1) is 13.8 Å². The molecule has 4 heteroatoms. The van der Waals surface area contributed by atoms with Gasteiger partial charge >= 0.3 is 0 Å². The van der Waals surface area contributed by atoms with E-state index in [1.165, 1.54) is 5.56 Å². The lowest BCUT2D eigenvalue weighted by atomic mass is 10.1. The predicted octanol–water partition coefficient (Wildman–Crippen LogP) is 5.10. The number of hydrogen-bond donors (Lipinski definition) is 2. The fraction of sp³-hybridized carbons (Fsp3) is 0.143. The van der Waals surface area contributed by atoms with Crippen LogP contribution in [0.1, 0.15) is 11.1 Å². The molecule has 0 spiro atoms. The van der Waals surface area contributed by atoms with Crippen molar-refractivity contribution >= 4 is 17.5 Å². The highest BCUT2D eigenvalue weighted by atomic mass is 15.1. The summed E-state index contributed by atoms with van der Waals surface area (Å²) in [5.41, 5.74) is 5.32. The van der Waals surface area contributed by atoms with Gasteiger partial charge in [0.15, 0.2) is 0 Å². The van der Waals surface area contributed by atoms with Crippen molar-refractivity contribution in [3.8, 4) is 11.3 Å². The number of hydrogen-bond acceptors (Lipinski definition) is 4. The quantitative estimate of drug-likeness (QED) is 0.617. The molecular formula is C21H22N4. The van der Waals surface area contributed by atoms with E-state index in [2.05, 4.69) is 59.2 Å². The van der Waals surface area contributed by atoms with Crippen LogP contribution in [0.5, 0.6) is 0 Å². The van der Waals surface area contributed by atoms with Crippen molar-refractivity contribution in [3.05, 3.63) is 78.4 Å². The molecule has 0 aliphatic heterocycles. The van der Waals surface area contributed by atoms with Gasteiger partial charge in [-0.1, -0.05) is 54.1 Å². The van der Waals surface area contributed by atoms with E-state index in [0.29, 0.717) is 12.5 Å². The van der Waals surface area contributed by atoms with Crippen LogP contribution in [-0.2, 0) is 0 Å². The molecule has 0 amide bonds. The molecule has 0 bridgehead atoms. The molecule has 4 nitrogen and oxygen atoms in total. The number of benzene rings is 2. The van der Waals surface area contributed by atoms with Crippen LogP contribution >= 0.6 is 0 Å². The summed E-state index contributed by atoms with van der Waals surface area (Å²) in [6, 6.07) is 18.3. The minimum Gasteiger partial charge on any atom is -0.366 e. The van der Waals surface area contributed by atoms with Gasteiger partial charge in [-0.05, 0) is 25.5 Å². The minimum absolute atomic E-state index is 0.569. The predicted molar refractivity (Wildman–Crippen MR) is 105 cm³/mol. The molecule has 2 aromatic carbocycles. The molecule has 0 aliphatic carbocycles. The Hall–Kier alpha value is -3.14. The first-order chi connectivity index (χ1) is 12.2. The maximum Gasteiger partial charge on any atom is 0.229 e. The number of rotatable bonds is 6. The van der Waals surface area contributed by atoms with Gasteiger partial charge in [-0.25, -0.2) is 4.98 Å². The fourth-order valence-corrected chi connectivity index (χ4v) is 2.60. The lowest BCUT2D eigenvalue weighted by molar-refractivity contribution is 1.14. The zero-order chi connectivity index (χ0) is 17.6. The first-order valence-corrected chi connectivity index (χ1v) is 8.29. The van der Waals surface area contributed by atoms with Gasteiger partial charge < -0.3 is 10.6 Å². The first-order valence-electron chi connectivity index (χ1n) is 8.29. The van der Waals surface area contributed by atoms with Crippen LogP contribution in [0.3, 0.4) is 0 Å². The van der Waals surface area contributed by atoms with Gasteiger partial charge in [-0.2, -0.15) is 4.98 Å². The second-order valence-electron chi connectivity index (χ2n) is 5.94. The van der Waals surface area contributed by atoms with Crippen LogP contribution in [0.15, 0.2) is 67.3 Å². The van der Waals surface area contributed by atoms with Crippen LogP contribution in [0.25, 0.3) is 11.3 Å². The lowest BCUT2D eigenvalue weighted by Gasteiger charge is -2.12. The number of aryl methyl sites for hydroxylation is 2. The lowest BCUT2D eigenvalue weighted by Crippen LogP contribution is -2.05. The normalized spacial score (nSPS) is 10.3. The standard InChI is InChI=1S/C21H22N4/c1-4-12-22-20-14-19(17-8-6-5-7-9-17)24-21(25-20)23-18-11-10-15(2)13-16(18)3/h4-11,13-14H,1,12H2,2-3H3,(H2,22,23,24,25). The topological polar surface area (TPSA) is 49.8 Å². The van der Waals surface area contributed by atoms with Gasteiger partial charge in [0.1, 0.15) is 5.82 Å². The fourth-order valence-electron chi connectivity index (χ4n) is 2.60. The van der Waals surface area contributed by atoms with Gasteiger partial charge in [0.25, 0.3) is 0 Å². The smallest absolute Gasteiger partial charge is 0.229 e. The third-order valence-electron chi connectivity index (χ3n) is 3.85. The summed E-state index contributed by atoms with van der Waals surface area (Å²) in [5.74, 6) is 1.33. The molecule has 0 atom stereocenters. The summed E-state index contributed by atoms with van der Waals surface area (Å²) in [5, 5.41) is 6.58. The number of nitrogens with zero attached hydrogens (tertiary/aromatic N) is 2. The van der Waals surface area contributed by atoms with Crippen molar-refractivity contribution in [2.45, 2.75) is 13.8 Å². The van der Waals surface area contributed by atoms with Crippen LogP contribution in [-0.4, -0.2) is 16.5 Å². The Balaban J connectivity index is 1.98. The van der Waals surface area contributed by atoms with E-state index in [0.717, 1.165) is 28.3 Å². The van der Waals surface area contributed by atoms with Crippen molar-refractivity contribution in [2.75, 3.05) is 17.2 Å². The summed E-state index contributed by atoms with van der Waals surface area (Å²) in [4.78, 5) is 9.26. The molecule has 0 saturated carbocycles. The monoisotopic (exact) mass is 330 g/mol. The van der Waals surface area contributed by atoms with Crippen LogP contribution in [0.2, 0.25) is 0 Å². The SMILES string of the molecule is C=CCNc1cc(-c2ccccc2)nc(Nc2ccc(C)cc2C)n1. The maximum atomic E-state index is 4.68. The zero-order valence-electron chi connectivity index (χ0n) is 14.6. The molecule has 126 valence electrons. The second kappa shape index (κ2) is 7.62. The van der Waals surface area contributed by atoms with Gasteiger partial charge in [0.05, 0.1) is 5.69 Å². The first kappa shape index (κ1) is 16.7. The molecular weight excluding hydrogens is 308 g/mol. The van der Waals surface area contributed by atoms with E-state index in [-0.39, 0.29) is 0 Å². The molecule has 0 fully saturated rings. The van der Waals surface area contributed by atoms with Crippen molar-refractivity contribution in [1.29, 1.82) is 0 Å². The molecule has 2 N–H and O–H groups in total. The Morgan fingerprint density at radius 3 is 2.52 bits per heavy atom. The molecule has 3 rings (SSSR count). The van der Waals surface area contributed by atoms with Gasteiger partial charge in [0.2, 0.25) is 5.95 Å². The summed E-state index contributed by atoms with van der Waals surface area (Å²) < 4.78 is 0. The Labute approximate surface area is 148 Å². The number of aromatic nitrogens is 2. The molecule has 3 aromatic rings. The van der Waals surface area contributed by atoms with Gasteiger partial charge in [0, 0.05) is 23.9 Å². The summed E-state index contributed by atoms with van der Waals surface area (Å²) >= 11 is 0. The van der Waals surface area contributed by atoms with E-state index in [1.54, 1.807) is 0 Å². The third-order valence-corrected chi connectivity index (χ3v) is 3.85. The van der Waals surface area contributed by atoms with E-state index in [4.69, 9.17) is 0 Å². The molecule has 0 aliphatic rings. The highest BCUT2D eigenvalue weighted by Crippen LogP contribution is 2.24. The minimum atomic E-state index is 0.569. The van der Waals surface area contributed by atoms with E-state index in [9.17, 15) is 0 Å². The molecule has 1 aromatic heterocycles. The average molecular weight is 330 g/mol. The maximum absolute atomic E-state index is 4.68. The Kier molecular flexibility index (Phi) is 5.09. The van der Waals surface area contributed by atoms with Crippen molar-refractivity contribution in [2.24, 2.45) is 0 Å². The summed E-state index contributed by atoms with van der Waals surface area (Å²) in [6.45, 7) is 8.55. The van der Waals surface area contributed by atoms with E-state index in [1.807, 2.05) is 42.5 Å². The van der Waals surface area contributed by atoms with Crippen molar-refractivity contribution in [1.82, 2.24) is 9.97 Å². The van der Waals surface area contributed by atoms with Gasteiger partial charge in [-0.3, -0.25) is 0 Å². The van der Waals surface area contributed by atoms with Crippen molar-refractivity contribution < 1.29 is 0 Å². The molecule has 0 radical (unpaired) electrons. The molecule has 25 heavy (non-hydrogen) atoms. The summed E-state index contributed by atoms with van der Waals surface area (Å²) in [7, 11) is 0.